The normalized spacial score (nSPS) is 12.4. The van der Waals surface area contributed by atoms with E-state index in [1.165, 1.54) is 0 Å². The first-order chi connectivity index (χ1) is 7.09. The molecule has 0 saturated carbocycles. The van der Waals surface area contributed by atoms with Gasteiger partial charge in [-0.3, -0.25) is 9.11 Å². The number of aromatic hydroxyl groups is 1. The van der Waals surface area contributed by atoms with Crippen LogP contribution in [0.15, 0.2) is 23.1 Å². The monoisotopic (exact) mass is 270 g/mol. The molecule has 0 saturated heterocycles. The maximum absolute atomic E-state index is 10.7. The van der Waals surface area contributed by atoms with Crippen molar-refractivity contribution in [2.24, 2.45) is 0 Å². The van der Waals surface area contributed by atoms with Gasteiger partial charge < -0.3 is 9.29 Å². The summed E-state index contributed by atoms with van der Waals surface area (Å²) in [6.45, 7) is 0. The molecule has 0 aliphatic heterocycles. The summed E-state index contributed by atoms with van der Waals surface area (Å²) >= 11 is 0. The van der Waals surface area contributed by atoms with Gasteiger partial charge >= 0.3 is 10.4 Å². The second kappa shape index (κ2) is 3.90. The van der Waals surface area contributed by atoms with E-state index in [4.69, 9.17) is 14.2 Å². The molecule has 0 unspecified atom stereocenters. The van der Waals surface area contributed by atoms with Crippen LogP contribution in [0.3, 0.4) is 0 Å². The molecule has 0 radical (unpaired) electrons. The zero-order valence-electron chi connectivity index (χ0n) is 7.43. The van der Waals surface area contributed by atoms with Gasteiger partial charge in [0.15, 0.2) is 11.5 Å². The average Bonchev–Trinajstić information content (AvgIpc) is 2.04. The van der Waals surface area contributed by atoms with Crippen LogP contribution in [0.25, 0.3) is 0 Å². The summed E-state index contributed by atoms with van der Waals surface area (Å²) in [5, 5.41) is 9.09. The highest BCUT2D eigenvalue weighted by Crippen LogP contribution is 2.29. The molecule has 1 aromatic rings. The quantitative estimate of drug-likeness (QED) is 0.643. The van der Waals surface area contributed by atoms with Gasteiger partial charge in [-0.2, -0.15) is 16.8 Å². The zero-order valence-corrected chi connectivity index (χ0v) is 9.06. The van der Waals surface area contributed by atoms with Crippen molar-refractivity contribution in [2.75, 3.05) is 0 Å². The van der Waals surface area contributed by atoms with E-state index in [9.17, 15) is 16.8 Å². The second-order valence-corrected chi connectivity index (χ2v) is 5.06. The maximum atomic E-state index is 10.7. The fraction of sp³-hybridized carbons (Fsp3) is 0. The van der Waals surface area contributed by atoms with E-state index in [0.29, 0.717) is 6.07 Å². The van der Waals surface area contributed by atoms with E-state index in [0.717, 1.165) is 12.1 Å². The van der Waals surface area contributed by atoms with E-state index in [-0.39, 0.29) is 0 Å². The molecule has 0 atom stereocenters. The van der Waals surface area contributed by atoms with Crippen LogP contribution in [0.1, 0.15) is 0 Å². The van der Waals surface area contributed by atoms with Gasteiger partial charge in [0.05, 0.1) is 4.90 Å². The van der Waals surface area contributed by atoms with Crippen LogP contribution in [0.2, 0.25) is 0 Å². The standard InChI is InChI=1S/C6H6O8S2/c7-5-2-1-4(15(8,9)10)3-6(5)14-16(11,12)13/h1-3,7H,(H,8,9,10)(H,11,12,13). The topological polar surface area (TPSA) is 138 Å². The molecular formula is C6H6O8S2. The Bertz CT molecular complexity index is 599. The predicted molar refractivity (Wildman–Crippen MR) is 50.1 cm³/mol. The molecule has 0 aliphatic carbocycles. The number of rotatable bonds is 3. The molecule has 0 amide bonds. The average molecular weight is 270 g/mol. The molecular weight excluding hydrogens is 264 g/mol. The van der Waals surface area contributed by atoms with Crippen molar-refractivity contribution >= 4 is 20.5 Å². The molecule has 90 valence electrons. The molecule has 0 aromatic heterocycles. The van der Waals surface area contributed by atoms with Gasteiger partial charge in [-0.15, -0.1) is 0 Å². The Morgan fingerprint density at radius 2 is 1.62 bits per heavy atom. The largest absolute Gasteiger partial charge is 0.504 e. The number of benzene rings is 1. The highest BCUT2D eigenvalue weighted by atomic mass is 32.3. The highest BCUT2D eigenvalue weighted by Gasteiger charge is 2.16. The van der Waals surface area contributed by atoms with Crippen LogP contribution in [-0.2, 0) is 20.5 Å². The van der Waals surface area contributed by atoms with Crippen LogP contribution in [0, 0.1) is 0 Å². The van der Waals surface area contributed by atoms with E-state index in [2.05, 4.69) is 4.18 Å². The van der Waals surface area contributed by atoms with Crippen molar-refractivity contribution in [3.63, 3.8) is 0 Å². The lowest BCUT2D eigenvalue weighted by Gasteiger charge is -2.05. The van der Waals surface area contributed by atoms with Crippen molar-refractivity contribution in [1.82, 2.24) is 0 Å². The van der Waals surface area contributed by atoms with Gasteiger partial charge in [0.25, 0.3) is 10.1 Å². The van der Waals surface area contributed by atoms with E-state index in [1.807, 2.05) is 0 Å². The Morgan fingerprint density at radius 3 is 2.06 bits per heavy atom. The van der Waals surface area contributed by atoms with Crippen LogP contribution in [-0.4, -0.2) is 31.0 Å². The molecule has 1 aromatic carbocycles. The lowest BCUT2D eigenvalue weighted by molar-refractivity contribution is 0.370. The maximum Gasteiger partial charge on any atom is 0.446 e. The van der Waals surface area contributed by atoms with Gasteiger partial charge in [0.2, 0.25) is 0 Å². The number of hydrogen-bond donors (Lipinski definition) is 3. The van der Waals surface area contributed by atoms with Gasteiger partial charge in [0.1, 0.15) is 0 Å². The molecule has 0 aliphatic rings. The fourth-order valence-corrected chi connectivity index (χ4v) is 1.69. The lowest BCUT2D eigenvalue weighted by atomic mass is 10.3. The zero-order chi connectivity index (χ0) is 12.6. The predicted octanol–water partition coefficient (Wildman–Crippen LogP) is -0.180. The van der Waals surface area contributed by atoms with Crippen LogP contribution in [0.5, 0.6) is 11.5 Å². The molecule has 8 nitrogen and oxygen atoms in total. The third-order valence-electron chi connectivity index (χ3n) is 1.42. The molecule has 0 spiro atoms. The number of hydrogen-bond acceptors (Lipinski definition) is 6. The minimum atomic E-state index is -4.90. The Balaban J connectivity index is 3.31. The van der Waals surface area contributed by atoms with E-state index >= 15 is 0 Å². The van der Waals surface area contributed by atoms with Gasteiger partial charge in [-0.05, 0) is 12.1 Å². The summed E-state index contributed by atoms with van der Waals surface area (Å²) in [5.74, 6) is -1.54. The molecule has 0 fully saturated rings. The van der Waals surface area contributed by atoms with E-state index < -0.39 is 36.9 Å². The molecule has 3 N–H and O–H groups in total. The number of phenolic OH excluding ortho intramolecular Hbond substituents is 1. The van der Waals surface area contributed by atoms with Gasteiger partial charge in [0, 0.05) is 6.07 Å². The summed E-state index contributed by atoms with van der Waals surface area (Å²) in [6, 6.07) is 2.14. The SMILES string of the molecule is O=S(=O)(O)Oc1cc(S(=O)(=O)O)ccc1O. The van der Waals surface area contributed by atoms with Crippen LogP contribution < -0.4 is 4.18 Å². The Hall–Kier alpha value is -1.36. The lowest BCUT2D eigenvalue weighted by Crippen LogP contribution is -2.07. The van der Waals surface area contributed by atoms with Crippen LogP contribution in [0.4, 0.5) is 0 Å². The first kappa shape index (κ1) is 12.7. The summed E-state index contributed by atoms with van der Waals surface area (Å²) in [4.78, 5) is -0.691. The molecule has 10 heteroatoms. The summed E-state index contributed by atoms with van der Waals surface area (Å²) in [7, 11) is -9.46. The molecule has 16 heavy (non-hydrogen) atoms. The molecule has 0 bridgehead atoms. The van der Waals surface area contributed by atoms with Crippen molar-refractivity contribution in [2.45, 2.75) is 4.90 Å². The molecule has 0 heterocycles. The third kappa shape index (κ3) is 3.34. The second-order valence-electron chi connectivity index (χ2n) is 2.62. The third-order valence-corrected chi connectivity index (χ3v) is 2.66. The minimum absolute atomic E-state index is 0.540. The fourth-order valence-electron chi connectivity index (χ4n) is 0.835. The number of phenols is 1. The Labute approximate surface area is 90.8 Å². The molecule has 1 rings (SSSR count). The van der Waals surface area contributed by atoms with Gasteiger partial charge in [-0.25, -0.2) is 0 Å². The summed E-state index contributed by atoms with van der Waals surface area (Å²) in [6.07, 6.45) is 0. The van der Waals surface area contributed by atoms with Crippen molar-refractivity contribution < 1.29 is 35.2 Å². The highest BCUT2D eigenvalue weighted by molar-refractivity contribution is 7.85. The Kier molecular flexibility index (Phi) is 3.10. The van der Waals surface area contributed by atoms with E-state index in [1.54, 1.807) is 0 Å². The van der Waals surface area contributed by atoms with Crippen molar-refractivity contribution in [3.8, 4) is 11.5 Å². The minimum Gasteiger partial charge on any atom is -0.504 e. The summed E-state index contributed by atoms with van der Waals surface area (Å²) < 4.78 is 62.8. The summed E-state index contributed by atoms with van der Waals surface area (Å²) in [5.41, 5.74) is 0. The van der Waals surface area contributed by atoms with Gasteiger partial charge in [-0.1, -0.05) is 0 Å². The van der Waals surface area contributed by atoms with Crippen molar-refractivity contribution in [1.29, 1.82) is 0 Å². The first-order valence-electron chi connectivity index (χ1n) is 3.57. The van der Waals surface area contributed by atoms with Crippen LogP contribution >= 0.6 is 0 Å². The smallest absolute Gasteiger partial charge is 0.446 e. The Morgan fingerprint density at radius 1 is 1.06 bits per heavy atom. The first-order valence-corrected chi connectivity index (χ1v) is 6.37. The van der Waals surface area contributed by atoms with Crippen molar-refractivity contribution in [3.05, 3.63) is 18.2 Å².